The monoisotopic (exact) mass is 349 g/mol. The highest BCUT2D eigenvalue weighted by Gasteiger charge is 2.20. The minimum Gasteiger partial charge on any atom is -0.339 e. The summed E-state index contributed by atoms with van der Waals surface area (Å²) in [4.78, 5) is 14.5. The molecule has 24 heavy (non-hydrogen) atoms. The minimum atomic E-state index is -3.22. The zero-order chi connectivity index (χ0) is 18.1. The molecule has 1 atom stereocenters. The summed E-state index contributed by atoms with van der Waals surface area (Å²) < 4.78 is 23.0. The van der Waals surface area contributed by atoms with Crippen molar-refractivity contribution >= 4 is 15.7 Å². The number of likely N-dealkylation sites (N-methyl/N-ethyl adjacent to an activating group) is 1. The van der Waals surface area contributed by atoms with Gasteiger partial charge in [0.05, 0.1) is 23.1 Å². The van der Waals surface area contributed by atoms with E-state index in [2.05, 4.69) is 10.2 Å². The Morgan fingerprint density at radius 1 is 1.25 bits per heavy atom. The number of amides is 1. The molecule has 6 nitrogen and oxygen atoms in total. The summed E-state index contributed by atoms with van der Waals surface area (Å²) in [6.45, 7) is 5.69. The predicted molar refractivity (Wildman–Crippen MR) is 92.5 cm³/mol. The van der Waals surface area contributed by atoms with Crippen LogP contribution in [0.4, 0.5) is 0 Å². The summed E-state index contributed by atoms with van der Waals surface area (Å²) in [5.41, 5.74) is 3.55. The number of carbonyl (C=O) groups is 1. The van der Waals surface area contributed by atoms with Crippen LogP contribution in [0.5, 0.6) is 0 Å². The van der Waals surface area contributed by atoms with E-state index in [-0.39, 0.29) is 23.3 Å². The molecule has 0 unspecified atom stereocenters. The third-order valence-corrected chi connectivity index (χ3v) is 5.50. The molecule has 1 amide bonds. The van der Waals surface area contributed by atoms with Gasteiger partial charge in [-0.3, -0.25) is 9.89 Å². The maximum Gasteiger partial charge on any atom is 0.227 e. The van der Waals surface area contributed by atoms with E-state index in [9.17, 15) is 13.2 Å². The molecule has 1 aromatic heterocycles. The van der Waals surface area contributed by atoms with E-state index in [1.54, 1.807) is 36.2 Å². The standard InChI is InChI=1S/C17H23N3O3S/c1-11-16(12(2)19-18-11)10-17(21)20(4)13(3)14-6-8-15(9-7-14)24(5,22)23/h6-9,13H,10H2,1-5H3,(H,18,19)/t13-/m0/s1. The fourth-order valence-electron chi connectivity index (χ4n) is 2.54. The summed E-state index contributed by atoms with van der Waals surface area (Å²) >= 11 is 0. The van der Waals surface area contributed by atoms with Gasteiger partial charge in [0.15, 0.2) is 9.84 Å². The first-order valence-corrected chi connectivity index (χ1v) is 9.56. The number of rotatable bonds is 5. The normalized spacial score (nSPS) is 12.9. The number of hydrogen-bond acceptors (Lipinski definition) is 4. The first kappa shape index (κ1) is 18.2. The highest BCUT2D eigenvalue weighted by molar-refractivity contribution is 7.90. The zero-order valence-electron chi connectivity index (χ0n) is 14.6. The average Bonchev–Trinajstić information content (AvgIpc) is 2.84. The van der Waals surface area contributed by atoms with Crippen molar-refractivity contribution in [3.05, 3.63) is 46.8 Å². The second kappa shape index (κ2) is 6.76. The van der Waals surface area contributed by atoms with Gasteiger partial charge in [-0.15, -0.1) is 0 Å². The first-order valence-electron chi connectivity index (χ1n) is 7.67. The van der Waals surface area contributed by atoms with Crippen LogP contribution in [-0.2, 0) is 21.1 Å². The van der Waals surface area contributed by atoms with Crippen LogP contribution < -0.4 is 0 Å². The number of carbonyl (C=O) groups excluding carboxylic acids is 1. The van der Waals surface area contributed by atoms with Gasteiger partial charge in [-0.05, 0) is 38.5 Å². The zero-order valence-corrected chi connectivity index (χ0v) is 15.4. The molecule has 0 saturated heterocycles. The lowest BCUT2D eigenvalue weighted by Gasteiger charge is -2.25. The Morgan fingerprint density at radius 3 is 2.29 bits per heavy atom. The van der Waals surface area contributed by atoms with E-state index in [0.717, 1.165) is 22.5 Å². The Balaban J connectivity index is 2.14. The molecule has 130 valence electrons. The number of hydrogen-bond donors (Lipinski definition) is 1. The van der Waals surface area contributed by atoms with Gasteiger partial charge in [0, 0.05) is 24.6 Å². The van der Waals surface area contributed by atoms with Crippen molar-refractivity contribution in [1.82, 2.24) is 15.1 Å². The van der Waals surface area contributed by atoms with Crippen LogP contribution in [0, 0.1) is 13.8 Å². The smallest absolute Gasteiger partial charge is 0.227 e. The molecule has 0 aliphatic heterocycles. The third-order valence-electron chi connectivity index (χ3n) is 4.37. The second-order valence-corrected chi connectivity index (χ2v) is 8.13. The second-order valence-electron chi connectivity index (χ2n) is 6.11. The summed E-state index contributed by atoms with van der Waals surface area (Å²) in [6.07, 6.45) is 1.47. The van der Waals surface area contributed by atoms with E-state index in [1.807, 2.05) is 20.8 Å². The maximum atomic E-state index is 12.5. The van der Waals surface area contributed by atoms with Gasteiger partial charge in [-0.2, -0.15) is 5.10 Å². The molecule has 0 bridgehead atoms. The van der Waals surface area contributed by atoms with Gasteiger partial charge in [0.25, 0.3) is 0 Å². The molecule has 0 fully saturated rings. The van der Waals surface area contributed by atoms with E-state index in [0.29, 0.717) is 0 Å². The molecular formula is C17H23N3O3S. The summed E-state index contributed by atoms with van der Waals surface area (Å²) in [5.74, 6) is -0.0118. The fourth-order valence-corrected chi connectivity index (χ4v) is 3.17. The predicted octanol–water partition coefficient (Wildman–Crippen LogP) is 2.19. The molecule has 2 rings (SSSR count). The molecule has 0 spiro atoms. The van der Waals surface area contributed by atoms with E-state index < -0.39 is 9.84 Å². The van der Waals surface area contributed by atoms with Gasteiger partial charge in [0.1, 0.15) is 0 Å². The van der Waals surface area contributed by atoms with E-state index >= 15 is 0 Å². The number of aryl methyl sites for hydroxylation is 2. The van der Waals surface area contributed by atoms with Crippen molar-refractivity contribution in [1.29, 1.82) is 0 Å². The maximum absolute atomic E-state index is 12.5. The van der Waals surface area contributed by atoms with Gasteiger partial charge >= 0.3 is 0 Å². The highest BCUT2D eigenvalue weighted by atomic mass is 32.2. The van der Waals surface area contributed by atoms with Crippen LogP contribution in [-0.4, -0.2) is 42.7 Å². The number of aromatic amines is 1. The van der Waals surface area contributed by atoms with Crippen molar-refractivity contribution in [2.45, 2.75) is 38.1 Å². The Morgan fingerprint density at radius 2 is 1.83 bits per heavy atom. The lowest BCUT2D eigenvalue weighted by atomic mass is 10.1. The molecule has 1 heterocycles. The topological polar surface area (TPSA) is 83.1 Å². The van der Waals surface area contributed by atoms with Gasteiger partial charge in [0.2, 0.25) is 5.91 Å². The van der Waals surface area contributed by atoms with Gasteiger partial charge < -0.3 is 4.90 Å². The van der Waals surface area contributed by atoms with E-state index in [4.69, 9.17) is 0 Å². The summed E-state index contributed by atoms with van der Waals surface area (Å²) in [7, 11) is -1.46. The van der Waals surface area contributed by atoms with Crippen molar-refractivity contribution in [3.8, 4) is 0 Å². The van der Waals surface area contributed by atoms with Gasteiger partial charge in [-0.1, -0.05) is 12.1 Å². The largest absolute Gasteiger partial charge is 0.339 e. The molecule has 0 aliphatic carbocycles. The van der Waals surface area contributed by atoms with Crippen LogP contribution in [0.1, 0.15) is 35.5 Å². The SMILES string of the molecule is Cc1n[nH]c(C)c1CC(=O)N(C)[C@@H](C)c1ccc(S(C)(=O)=O)cc1. The number of nitrogens with zero attached hydrogens (tertiary/aromatic N) is 2. The minimum absolute atomic E-state index is 0.0118. The molecule has 1 aromatic carbocycles. The van der Waals surface area contributed by atoms with Gasteiger partial charge in [-0.25, -0.2) is 8.42 Å². The van der Waals surface area contributed by atoms with Crippen LogP contribution in [0.25, 0.3) is 0 Å². The van der Waals surface area contributed by atoms with E-state index in [1.165, 1.54) is 6.26 Å². The lowest BCUT2D eigenvalue weighted by Crippen LogP contribution is -2.31. The highest BCUT2D eigenvalue weighted by Crippen LogP contribution is 2.22. The van der Waals surface area contributed by atoms with Crippen molar-refractivity contribution in [2.75, 3.05) is 13.3 Å². The average molecular weight is 349 g/mol. The van der Waals surface area contributed by atoms with Crippen molar-refractivity contribution in [2.24, 2.45) is 0 Å². The number of benzene rings is 1. The van der Waals surface area contributed by atoms with Crippen molar-refractivity contribution < 1.29 is 13.2 Å². The molecule has 0 saturated carbocycles. The number of H-pyrrole nitrogens is 1. The van der Waals surface area contributed by atoms with Crippen LogP contribution >= 0.6 is 0 Å². The first-order chi connectivity index (χ1) is 11.1. The Bertz CT molecular complexity index is 819. The quantitative estimate of drug-likeness (QED) is 0.897. The molecule has 0 radical (unpaired) electrons. The molecule has 1 N–H and O–H groups in total. The summed E-state index contributed by atoms with van der Waals surface area (Å²) in [5, 5.41) is 7.00. The third kappa shape index (κ3) is 3.84. The molecule has 2 aromatic rings. The molecule has 0 aliphatic rings. The van der Waals surface area contributed by atoms with Crippen LogP contribution in [0.2, 0.25) is 0 Å². The number of nitrogens with one attached hydrogen (secondary N) is 1. The number of aromatic nitrogens is 2. The van der Waals surface area contributed by atoms with Crippen molar-refractivity contribution in [3.63, 3.8) is 0 Å². The lowest BCUT2D eigenvalue weighted by molar-refractivity contribution is -0.131. The van der Waals surface area contributed by atoms with Crippen LogP contribution in [0.15, 0.2) is 29.2 Å². The molecular weight excluding hydrogens is 326 g/mol. The molecule has 7 heteroatoms. The fraction of sp³-hybridized carbons (Fsp3) is 0.412. The Kier molecular flexibility index (Phi) is 5.13. The Labute approximate surface area is 142 Å². The van der Waals surface area contributed by atoms with Crippen LogP contribution in [0.3, 0.4) is 0 Å². The Hall–Kier alpha value is -2.15. The number of sulfone groups is 1. The summed E-state index contributed by atoms with van der Waals surface area (Å²) in [6, 6.07) is 6.49.